The van der Waals surface area contributed by atoms with E-state index in [2.05, 4.69) is 4.74 Å². The Balaban J connectivity index is 2.11. The van der Waals surface area contributed by atoms with Gasteiger partial charge in [-0.15, -0.1) is 0 Å². The summed E-state index contributed by atoms with van der Waals surface area (Å²) in [5.74, 6) is -1.24. The lowest BCUT2D eigenvalue weighted by atomic mass is 9.92. The molecule has 1 aliphatic rings. The van der Waals surface area contributed by atoms with Gasteiger partial charge in [0.15, 0.2) is 5.78 Å². The Labute approximate surface area is 114 Å². The molecule has 2 unspecified atom stereocenters. The van der Waals surface area contributed by atoms with Gasteiger partial charge in [0.2, 0.25) is 0 Å². The molecule has 2 atom stereocenters. The average molecular weight is 281 g/mol. The fraction of sp³-hybridized carbons (Fsp3) is 0.429. The molecular weight excluding hydrogens is 268 g/mol. The summed E-state index contributed by atoms with van der Waals surface area (Å²) in [5.41, 5.74) is 0.453. The van der Waals surface area contributed by atoms with E-state index >= 15 is 0 Å². The molecule has 1 aromatic rings. The van der Waals surface area contributed by atoms with E-state index in [1.807, 2.05) is 6.07 Å². The van der Waals surface area contributed by atoms with Crippen LogP contribution in [0.2, 0.25) is 0 Å². The normalized spacial score (nSPS) is 19.6. The lowest BCUT2D eigenvalue weighted by Gasteiger charge is -2.14. The van der Waals surface area contributed by atoms with Gasteiger partial charge in [-0.05, 0) is 30.5 Å². The smallest absolute Gasteiger partial charge is 0.387 e. The zero-order chi connectivity index (χ0) is 14.5. The fourth-order valence-electron chi connectivity index (χ4n) is 2.13. The molecule has 4 nitrogen and oxygen atoms in total. The summed E-state index contributed by atoms with van der Waals surface area (Å²) in [6.45, 7) is -2.38. The van der Waals surface area contributed by atoms with Crippen molar-refractivity contribution in [3.8, 4) is 11.8 Å². The number of Topliss-reactive ketones (excluding diaryl/α,β-unsaturated/α-hetero) is 1. The van der Waals surface area contributed by atoms with Crippen molar-refractivity contribution < 1.29 is 23.0 Å². The van der Waals surface area contributed by atoms with E-state index in [9.17, 15) is 13.6 Å². The van der Waals surface area contributed by atoms with Crippen LogP contribution in [0.15, 0.2) is 24.3 Å². The molecule has 0 aliphatic carbocycles. The van der Waals surface area contributed by atoms with Crippen LogP contribution in [0.4, 0.5) is 8.78 Å². The summed E-state index contributed by atoms with van der Waals surface area (Å²) in [7, 11) is 0. The van der Waals surface area contributed by atoms with Crippen molar-refractivity contribution in [2.24, 2.45) is 0 Å². The maximum atomic E-state index is 12.1. The molecule has 1 heterocycles. The summed E-state index contributed by atoms with van der Waals surface area (Å²) in [6.07, 6.45) is 0.871. The maximum absolute atomic E-state index is 12.1. The first kappa shape index (κ1) is 14.4. The Morgan fingerprint density at radius 3 is 2.60 bits per heavy atom. The molecule has 0 amide bonds. The Bertz CT molecular complexity index is 504. The topological polar surface area (TPSA) is 59.3 Å². The fourth-order valence-corrected chi connectivity index (χ4v) is 2.13. The van der Waals surface area contributed by atoms with Crippen molar-refractivity contribution in [3.05, 3.63) is 29.8 Å². The number of hydrogen-bond acceptors (Lipinski definition) is 4. The minimum atomic E-state index is -2.90. The van der Waals surface area contributed by atoms with E-state index in [4.69, 9.17) is 10.00 Å². The van der Waals surface area contributed by atoms with E-state index in [-0.39, 0.29) is 11.5 Å². The number of hydrogen-bond donors (Lipinski definition) is 0. The summed E-state index contributed by atoms with van der Waals surface area (Å²) in [4.78, 5) is 12.1. The molecule has 0 aromatic heterocycles. The van der Waals surface area contributed by atoms with Crippen molar-refractivity contribution in [2.75, 3.05) is 6.61 Å². The molecule has 1 saturated heterocycles. The van der Waals surface area contributed by atoms with Crippen LogP contribution in [-0.4, -0.2) is 25.1 Å². The molecule has 0 N–H and O–H groups in total. The molecule has 1 aliphatic heterocycles. The second kappa shape index (κ2) is 6.44. The van der Waals surface area contributed by atoms with Crippen LogP contribution in [0.25, 0.3) is 0 Å². The lowest BCUT2D eigenvalue weighted by Crippen LogP contribution is -2.25. The number of carbonyl (C=O) groups is 1. The van der Waals surface area contributed by atoms with Crippen molar-refractivity contribution in [3.63, 3.8) is 0 Å². The van der Waals surface area contributed by atoms with Crippen LogP contribution < -0.4 is 4.74 Å². The van der Waals surface area contributed by atoms with Crippen molar-refractivity contribution in [1.29, 1.82) is 5.26 Å². The Morgan fingerprint density at radius 2 is 2.10 bits per heavy atom. The van der Waals surface area contributed by atoms with Gasteiger partial charge in [-0.25, -0.2) is 0 Å². The van der Waals surface area contributed by atoms with Crippen molar-refractivity contribution in [1.82, 2.24) is 0 Å². The van der Waals surface area contributed by atoms with Gasteiger partial charge in [0.25, 0.3) is 0 Å². The van der Waals surface area contributed by atoms with Gasteiger partial charge in [0.05, 0.1) is 6.07 Å². The predicted molar refractivity (Wildman–Crippen MR) is 65.4 cm³/mol. The molecule has 2 rings (SSSR count). The number of benzene rings is 1. The van der Waals surface area contributed by atoms with Gasteiger partial charge in [0, 0.05) is 6.61 Å². The zero-order valence-electron chi connectivity index (χ0n) is 10.6. The summed E-state index contributed by atoms with van der Waals surface area (Å²) in [6, 6.07) is 7.45. The number of halogens is 2. The molecule has 0 bridgehead atoms. The highest BCUT2D eigenvalue weighted by Gasteiger charge is 2.31. The van der Waals surface area contributed by atoms with Crippen LogP contribution in [0.5, 0.6) is 5.75 Å². The molecular formula is C14H13F2NO3. The number of nitriles is 1. The van der Waals surface area contributed by atoms with Crippen LogP contribution >= 0.6 is 0 Å². The van der Waals surface area contributed by atoms with E-state index in [1.165, 1.54) is 24.3 Å². The molecule has 0 radical (unpaired) electrons. The van der Waals surface area contributed by atoms with Crippen LogP contribution in [0.3, 0.4) is 0 Å². The standard InChI is InChI=1S/C14H13F2NO3/c15-14(16)20-10-5-3-9(4-6-10)11(8-17)13(18)12-2-1-7-19-12/h3-6,11-12,14H,1-2,7H2. The largest absolute Gasteiger partial charge is 0.435 e. The highest BCUT2D eigenvalue weighted by molar-refractivity contribution is 5.92. The minimum Gasteiger partial charge on any atom is -0.435 e. The number of ketones is 1. The minimum absolute atomic E-state index is 0.00925. The van der Waals surface area contributed by atoms with E-state index in [0.29, 0.717) is 18.6 Å². The van der Waals surface area contributed by atoms with Crippen LogP contribution in [0, 0.1) is 11.3 Å². The van der Waals surface area contributed by atoms with Gasteiger partial charge >= 0.3 is 6.61 Å². The maximum Gasteiger partial charge on any atom is 0.387 e. The highest BCUT2D eigenvalue weighted by Crippen LogP contribution is 2.25. The Hall–Kier alpha value is -2.00. The number of ether oxygens (including phenoxy) is 2. The predicted octanol–water partition coefficient (Wildman–Crippen LogP) is 2.64. The number of alkyl halides is 2. The second-order valence-corrected chi connectivity index (χ2v) is 4.41. The van der Waals surface area contributed by atoms with Gasteiger partial charge in [-0.1, -0.05) is 12.1 Å². The second-order valence-electron chi connectivity index (χ2n) is 4.41. The quantitative estimate of drug-likeness (QED) is 0.832. The third-order valence-corrected chi connectivity index (χ3v) is 3.10. The first-order chi connectivity index (χ1) is 9.61. The third kappa shape index (κ3) is 3.31. The van der Waals surface area contributed by atoms with Gasteiger partial charge in [-0.2, -0.15) is 14.0 Å². The highest BCUT2D eigenvalue weighted by atomic mass is 19.3. The summed E-state index contributed by atoms with van der Waals surface area (Å²) in [5, 5.41) is 9.15. The third-order valence-electron chi connectivity index (χ3n) is 3.10. The summed E-state index contributed by atoms with van der Waals surface area (Å²) < 4.78 is 33.6. The van der Waals surface area contributed by atoms with Crippen LogP contribution in [-0.2, 0) is 9.53 Å². The van der Waals surface area contributed by atoms with Gasteiger partial charge in [-0.3, -0.25) is 4.79 Å². The van der Waals surface area contributed by atoms with Crippen LogP contribution in [0.1, 0.15) is 24.3 Å². The Kier molecular flexibility index (Phi) is 4.64. The number of rotatable bonds is 5. The van der Waals surface area contributed by atoms with E-state index < -0.39 is 18.6 Å². The zero-order valence-corrected chi connectivity index (χ0v) is 10.6. The molecule has 6 heteroatoms. The van der Waals surface area contributed by atoms with Gasteiger partial charge in [0.1, 0.15) is 17.8 Å². The molecule has 0 saturated carbocycles. The van der Waals surface area contributed by atoms with Crippen molar-refractivity contribution in [2.45, 2.75) is 31.5 Å². The Morgan fingerprint density at radius 1 is 1.40 bits per heavy atom. The lowest BCUT2D eigenvalue weighted by molar-refractivity contribution is -0.128. The van der Waals surface area contributed by atoms with E-state index in [0.717, 1.165) is 6.42 Å². The number of carbonyl (C=O) groups excluding carboxylic acids is 1. The first-order valence-electron chi connectivity index (χ1n) is 6.21. The first-order valence-corrected chi connectivity index (χ1v) is 6.21. The average Bonchev–Trinajstić information content (AvgIpc) is 2.94. The molecule has 20 heavy (non-hydrogen) atoms. The monoisotopic (exact) mass is 281 g/mol. The molecule has 1 aromatic carbocycles. The molecule has 106 valence electrons. The molecule has 0 spiro atoms. The van der Waals surface area contributed by atoms with E-state index in [1.54, 1.807) is 0 Å². The summed E-state index contributed by atoms with van der Waals surface area (Å²) >= 11 is 0. The van der Waals surface area contributed by atoms with Gasteiger partial charge < -0.3 is 9.47 Å². The SMILES string of the molecule is N#CC(C(=O)C1CCCO1)c1ccc(OC(F)F)cc1. The molecule has 1 fully saturated rings. The number of nitrogens with zero attached hydrogens (tertiary/aromatic N) is 1. The van der Waals surface area contributed by atoms with Crippen molar-refractivity contribution >= 4 is 5.78 Å².